The fourth-order valence-corrected chi connectivity index (χ4v) is 2.77. The molecule has 23 heavy (non-hydrogen) atoms. The zero-order valence-electron chi connectivity index (χ0n) is 14.0. The van der Waals surface area contributed by atoms with Gasteiger partial charge in [0.05, 0.1) is 6.04 Å². The standard InChI is InChI=1S/C18H27N3O2/c1-3-13(2)17(19)18(23)20-11-14-7-4-5-8-15(14)12-21-10-6-9-16(21)22/h4-5,7-8,13,17H,3,6,9-12,19H2,1-2H3,(H,20,23). The summed E-state index contributed by atoms with van der Waals surface area (Å²) in [7, 11) is 0. The van der Waals surface area contributed by atoms with Crippen LogP contribution in [0.3, 0.4) is 0 Å². The summed E-state index contributed by atoms with van der Waals surface area (Å²) in [5.41, 5.74) is 8.08. The molecule has 1 aliphatic heterocycles. The highest BCUT2D eigenvalue weighted by atomic mass is 16.2. The minimum atomic E-state index is -0.479. The van der Waals surface area contributed by atoms with Crippen molar-refractivity contribution in [2.75, 3.05) is 6.54 Å². The van der Waals surface area contributed by atoms with Crippen LogP contribution in [0.5, 0.6) is 0 Å². The van der Waals surface area contributed by atoms with E-state index in [0.717, 1.165) is 30.5 Å². The minimum Gasteiger partial charge on any atom is -0.351 e. The number of hydrogen-bond acceptors (Lipinski definition) is 3. The van der Waals surface area contributed by atoms with Crippen LogP contribution in [-0.2, 0) is 22.7 Å². The quantitative estimate of drug-likeness (QED) is 0.805. The number of carbonyl (C=O) groups is 2. The smallest absolute Gasteiger partial charge is 0.237 e. The van der Waals surface area contributed by atoms with Gasteiger partial charge in [0.1, 0.15) is 0 Å². The Labute approximate surface area is 138 Å². The molecule has 2 atom stereocenters. The second-order valence-corrected chi connectivity index (χ2v) is 6.32. The summed E-state index contributed by atoms with van der Waals surface area (Å²) in [5.74, 6) is 0.251. The van der Waals surface area contributed by atoms with E-state index in [-0.39, 0.29) is 17.7 Å². The number of nitrogens with zero attached hydrogens (tertiary/aromatic N) is 1. The van der Waals surface area contributed by atoms with Gasteiger partial charge in [-0.05, 0) is 23.5 Å². The third-order valence-corrected chi connectivity index (χ3v) is 4.66. The summed E-state index contributed by atoms with van der Waals surface area (Å²) in [5, 5.41) is 2.92. The van der Waals surface area contributed by atoms with E-state index in [9.17, 15) is 9.59 Å². The van der Waals surface area contributed by atoms with E-state index in [2.05, 4.69) is 5.32 Å². The highest BCUT2D eigenvalue weighted by Gasteiger charge is 2.22. The van der Waals surface area contributed by atoms with Crippen LogP contribution < -0.4 is 11.1 Å². The first kappa shape index (κ1) is 17.5. The Bertz CT molecular complexity index is 559. The molecule has 2 unspecified atom stereocenters. The largest absolute Gasteiger partial charge is 0.351 e. The van der Waals surface area contributed by atoms with Crippen LogP contribution in [0.25, 0.3) is 0 Å². The molecule has 3 N–H and O–H groups in total. The average molecular weight is 317 g/mol. The second-order valence-electron chi connectivity index (χ2n) is 6.32. The van der Waals surface area contributed by atoms with Crippen LogP contribution in [0.4, 0.5) is 0 Å². The van der Waals surface area contributed by atoms with Crippen LogP contribution in [0.1, 0.15) is 44.2 Å². The highest BCUT2D eigenvalue weighted by molar-refractivity contribution is 5.81. The summed E-state index contributed by atoms with van der Waals surface area (Å²) in [6.45, 7) is 5.89. The molecule has 0 aliphatic carbocycles. The lowest BCUT2D eigenvalue weighted by Gasteiger charge is -2.20. The lowest BCUT2D eigenvalue weighted by atomic mass is 9.99. The summed E-state index contributed by atoms with van der Waals surface area (Å²) < 4.78 is 0. The first-order chi connectivity index (χ1) is 11.0. The molecule has 1 saturated heterocycles. The molecule has 2 rings (SSSR count). The van der Waals surface area contributed by atoms with Crippen molar-refractivity contribution in [3.8, 4) is 0 Å². The van der Waals surface area contributed by atoms with Crippen molar-refractivity contribution in [1.29, 1.82) is 0 Å². The van der Waals surface area contributed by atoms with Crippen LogP contribution in [0.15, 0.2) is 24.3 Å². The van der Waals surface area contributed by atoms with Crippen molar-refractivity contribution in [1.82, 2.24) is 10.2 Å². The van der Waals surface area contributed by atoms with Gasteiger partial charge in [0.2, 0.25) is 11.8 Å². The molecule has 1 aliphatic rings. The van der Waals surface area contributed by atoms with Crippen molar-refractivity contribution >= 4 is 11.8 Å². The predicted octanol–water partition coefficient (Wildman–Crippen LogP) is 1.80. The minimum absolute atomic E-state index is 0.119. The molecule has 1 heterocycles. The van der Waals surface area contributed by atoms with Crippen LogP contribution in [-0.4, -0.2) is 29.3 Å². The molecular weight excluding hydrogens is 290 g/mol. The number of hydrogen-bond donors (Lipinski definition) is 2. The molecule has 5 heteroatoms. The number of nitrogens with two attached hydrogens (primary N) is 1. The lowest BCUT2D eigenvalue weighted by molar-refractivity contribution is -0.128. The van der Waals surface area contributed by atoms with Crippen LogP contribution in [0, 0.1) is 5.92 Å². The fourth-order valence-electron chi connectivity index (χ4n) is 2.77. The maximum absolute atomic E-state index is 12.1. The maximum Gasteiger partial charge on any atom is 0.237 e. The van der Waals surface area contributed by atoms with Gasteiger partial charge in [-0.2, -0.15) is 0 Å². The van der Waals surface area contributed by atoms with Gasteiger partial charge in [0.25, 0.3) is 0 Å². The van der Waals surface area contributed by atoms with E-state index < -0.39 is 6.04 Å². The molecule has 5 nitrogen and oxygen atoms in total. The number of nitrogens with one attached hydrogen (secondary N) is 1. The average Bonchev–Trinajstić information content (AvgIpc) is 2.97. The van der Waals surface area contributed by atoms with Gasteiger partial charge in [-0.15, -0.1) is 0 Å². The van der Waals surface area contributed by atoms with E-state index in [0.29, 0.717) is 19.5 Å². The summed E-state index contributed by atoms with van der Waals surface area (Å²) >= 11 is 0. The van der Waals surface area contributed by atoms with E-state index in [1.54, 1.807) is 0 Å². The number of likely N-dealkylation sites (tertiary alicyclic amines) is 1. The Hall–Kier alpha value is -1.88. The Morgan fingerprint density at radius 2 is 2.04 bits per heavy atom. The first-order valence-corrected chi connectivity index (χ1v) is 8.40. The molecule has 0 saturated carbocycles. The van der Waals surface area contributed by atoms with E-state index in [4.69, 9.17) is 5.73 Å². The van der Waals surface area contributed by atoms with Gasteiger partial charge in [0, 0.05) is 26.1 Å². The van der Waals surface area contributed by atoms with Crippen molar-refractivity contribution in [3.05, 3.63) is 35.4 Å². The molecule has 0 radical (unpaired) electrons. The fraction of sp³-hybridized carbons (Fsp3) is 0.556. The van der Waals surface area contributed by atoms with Crippen molar-refractivity contribution in [2.45, 2.75) is 52.2 Å². The first-order valence-electron chi connectivity index (χ1n) is 8.40. The summed E-state index contributed by atoms with van der Waals surface area (Å²) in [6.07, 6.45) is 2.45. The summed E-state index contributed by atoms with van der Waals surface area (Å²) in [4.78, 5) is 25.8. The van der Waals surface area contributed by atoms with Gasteiger partial charge < -0.3 is 16.0 Å². The highest BCUT2D eigenvalue weighted by Crippen LogP contribution is 2.17. The molecule has 2 amide bonds. The number of amides is 2. The Morgan fingerprint density at radius 1 is 1.35 bits per heavy atom. The number of benzene rings is 1. The number of rotatable bonds is 7. The molecule has 1 aromatic rings. The van der Waals surface area contributed by atoms with Crippen molar-refractivity contribution in [3.63, 3.8) is 0 Å². The predicted molar refractivity (Wildman–Crippen MR) is 90.4 cm³/mol. The van der Waals surface area contributed by atoms with Crippen LogP contribution >= 0.6 is 0 Å². The van der Waals surface area contributed by atoms with E-state index in [1.165, 1.54) is 0 Å². The topological polar surface area (TPSA) is 75.4 Å². The number of carbonyl (C=O) groups excluding carboxylic acids is 2. The zero-order chi connectivity index (χ0) is 16.8. The SMILES string of the molecule is CCC(C)C(N)C(=O)NCc1ccccc1CN1CCCC1=O. The van der Waals surface area contributed by atoms with Gasteiger partial charge in [-0.3, -0.25) is 9.59 Å². The van der Waals surface area contributed by atoms with Crippen LogP contribution in [0.2, 0.25) is 0 Å². The molecule has 0 spiro atoms. The third-order valence-electron chi connectivity index (χ3n) is 4.66. The van der Waals surface area contributed by atoms with Gasteiger partial charge in [-0.1, -0.05) is 44.5 Å². The van der Waals surface area contributed by atoms with Gasteiger partial charge >= 0.3 is 0 Å². The van der Waals surface area contributed by atoms with Gasteiger partial charge in [0.15, 0.2) is 0 Å². The maximum atomic E-state index is 12.1. The lowest BCUT2D eigenvalue weighted by Crippen LogP contribution is -2.44. The summed E-state index contributed by atoms with van der Waals surface area (Å²) in [6, 6.07) is 7.44. The van der Waals surface area contributed by atoms with Crippen molar-refractivity contribution in [2.24, 2.45) is 11.7 Å². The molecule has 1 fully saturated rings. The Kier molecular flexibility index (Phi) is 6.16. The monoisotopic (exact) mass is 317 g/mol. The van der Waals surface area contributed by atoms with E-state index in [1.807, 2.05) is 43.0 Å². The third kappa shape index (κ3) is 4.55. The molecule has 1 aromatic carbocycles. The van der Waals surface area contributed by atoms with Gasteiger partial charge in [-0.25, -0.2) is 0 Å². The Balaban J connectivity index is 1.97. The normalized spacial score (nSPS) is 17.2. The Morgan fingerprint density at radius 3 is 2.65 bits per heavy atom. The molecule has 0 aromatic heterocycles. The van der Waals surface area contributed by atoms with Crippen molar-refractivity contribution < 1.29 is 9.59 Å². The second kappa shape index (κ2) is 8.11. The molecule has 126 valence electrons. The molecular formula is C18H27N3O2. The molecule has 0 bridgehead atoms. The zero-order valence-corrected chi connectivity index (χ0v) is 14.0. The van der Waals surface area contributed by atoms with E-state index >= 15 is 0 Å².